The SMILES string of the molecule is C=CCOC(=O)C(SC1CC(=O)N1CC(=O)O)c1ccccc1. The van der Waals surface area contributed by atoms with E-state index in [1.54, 1.807) is 12.1 Å². The number of carbonyl (C=O) groups excluding carboxylic acids is 2. The molecule has 1 aliphatic heterocycles. The Labute approximate surface area is 138 Å². The van der Waals surface area contributed by atoms with Gasteiger partial charge in [0, 0.05) is 0 Å². The molecule has 0 bridgehead atoms. The highest BCUT2D eigenvalue weighted by molar-refractivity contribution is 8.00. The number of benzene rings is 1. The molecule has 1 aromatic carbocycles. The van der Waals surface area contributed by atoms with E-state index in [0.717, 1.165) is 5.56 Å². The van der Waals surface area contributed by atoms with Crippen molar-refractivity contribution in [3.05, 3.63) is 48.6 Å². The van der Waals surface area contributed by atoms with Crippen molar-refractivity contribution in [3.8, 4) is 0 Å². The Hall–Kier alpha value is -2.28. The maximum atomic E-state index is 12.3. The molecule has 23 heavy (non-hydrogen) atoms. The second-order valence-corrected chi connectivity index (χ2v) is 6.21. The fraction of sp³-hybridized carbons (Fsp3) is 0.312. The summed E-state index contributed by atoms with van der Waals surface area (Å²) in [6, 6.07) is 9.06. The number of aliphatic carboxylic acids is 1. The summed E-state index contributed by atoms with van der Waals surface area (Å²) in [5, 5.41) is 7.89. The van der Waals surface area contributed by atoms with Crippen LogP contribution in [0.15, 0.2) is 43.0 Å². The summed E-state index contributed by atoms with van der Waals surface area (Å²) in [5.74, 6) is -1.74. The van der Waals surface area contributed by atoms with E-state index in [9.17, 15) is 14.4 Å². The standard InChI is InChI=1S/C16H17NO5S/c1-2-8-22-16(21)15(11-6-4-3-5-7-11)23-13-9-12(18)17(13)10-14(19)20/h2-7,13,15H,1,8-10H2,(H,19,20). The Morgan fingerprint density at radius 1 is 1.43 bits per heavy atom. The number of β-lactam (4-membered cyclic amide) rings is 1. The number of carbonyl (C=O) groups is 3. The average molecular weight is 335 g/mol. The Balaban J connectivity index is 2.11. The molecule has 2 rings (SSSR count). The number of ether oxygens (including phenoxy) is 1. The third-order valence-electron chi connectivity index (χ3n) is 3.28. The van der Waals surface area contributed by atoms with Gasteiger partial charge in [0.25, 0.3) is 0 Å². The molecule has 1 amide bonds. The third kappa shape index (κ3) is 4.35. The molecule has 1 N–H and O–H groups in total. The monoisotopic (exact) mass is 335 g/mol. The number of nitrogens with zero attached hydrogens (tertiary/aromatic N) is 1. The van der Waals surface area contributed by atoms with Crippen LogP contribution in [0.4, 0.5) is 0 Å². The van der Waals surface area contributed by atoms with Gasteiger partial charge in [-0.25, -0.2) is 0 Å². The summed E-state index contributed by atoms with van der Waals surface area (Å²) in [7, 11) is 0. The van der Waals surface area contributed by atoms with Gasteiger partial charge >= 0.3 is 11.9 Å². The van der Waals surface area contributed by atoms with E-state index in [1.807, 2.05) is 18.2 Å². The van der Waals surface area contributed by atoms with Gasteiger partial charge in [-0.3, -0.25) is 14.4 Å². The molecule has 122 valence electrons. The number of amides is 1. The number of thioether (sulfide) groups is 1. The van der Waals surface area contributed by atoms with Gasteiger partial charge in [0.1, 0.15) is 18.4 Å². The lowest BCUT2D eigenvalue weighted by Crippen LogP contribution is -2.53. The number of likely N-dealkylation sites (tertiary alicyclic amines) is 1. The maximum absolute atomic E-state index is 12.3. The highest BCUT2D eigenvalue weighted by Crippen LogP contribution is 2.40. The summed E-state index contributed by atoms with van der Waals surface area (Å²) in [4.78, 5) is 35.9. The lowest BCUT2D eigenvalue weighted by atomic mass is 10.1. The Kier molecular flexibility index (Phi) is 5.81. The summed E-state index contributed by atoms with van der Waals surface area (Å²) in [5.41, 5.74) is 0.751. The van der Waals surface area contributed by atoms with Crippen molar-refractivity contribution in [1.82, 2.24) is 4.90 Å². The van der Waals surface area contributed by atoms with Gasteiger partial charge in [0.15, 0.2) is 0 Å². The van der Waals surface area contributed by atoms with Crippen molar-refractivity contribution in [1.29, 1.82) is 0 Å². The van der Waals surface area contributed by atoms with Crippen LogP contribution in [0.3, 0.4) is 0 Å². The van der Waals surface area contributed by atoms with E-state index in [2.05, 4.69) is 6.58 Å². The largest absolute Gasteiger partial charge is 0.480 e. The zero-order valence-electron chi connectivity index (χ0n) is 12.4. The molecule has 1 heterocycles. The summed E-state index contributed by atoms with van der Waals surface area (Å²) in [6.45, 7) is 3.25. The van der Waals surface area contributed by atoms with E-state index in [0.29, 0.717) is 0 Å². The second kappa shape index (κ2) is 7.82. The van der Waals surface area contributed by atoms with Crippen LogP contribution in [0, 0.1) is 0 Å². The molecule has 1 fully saturated rings. The molecule has 6 nitrogen and oxygen atoms in total. The van der Waals surface area contributed by atoms with Crippen LogP contribution < -0.4 is 0 Å². The molecule has 7 heteroatoms. The molecule has 0 saturated carbocycles. The minimum atomic E-state index is -1.07. The van der Waals surface area contributed by atoms with Gasteiger partial charge in [-0.2, -0.15) is 0 Å². The van der Waals surface area contributed by atoms with Gasteiger partial charge in [-0.15, -0.1) is 11.8 Å². The lowest BCUT2D eigenvalue weighted by Gasteiger charge is -2.40. The van der Waals surface area contributed by atoms with Crippen molar-refractivity contribution in [3.63, 3.8) is 0 Å². The summed E-state index contributed by atoms with van der Waals surface area (Å²) >= 11 is 1.23. The van der Waals surface area contributed by atoms with Crippen LogP contribution in [0.25, 0.3) is 0 Å². The molecule has 2 atom stereocenters. The fourth-order valence-electron chi connectivity index (χ4n) is 2.15. The molecule has 0 aromatic heterocycles. The van der Waals surface area contributed by atoms with Gasteiger partial charge in [0.05, 0.1) is 11.8 Å². The number of esters is 1. The summed E-state index contributed by atoms with van der Waals surface area (Å²) < 4.78 is 5.12. The van der Waals surface area contributed by atoms with E-state index in [4.69, 9.17) is 9.84 Å². The zero-order chi connectivity index (χ0) is 16.8. The highest BCUT2D eigenvalue weighted by atomic mass is 32.2. The minimum Gasteiger partial charge on any atom is -0.480 e. The van der Waals surface area contributed by atoms with Crippen molar-refractivity contribution in [2.45, 2.75) is 17.0 Å². The normalized spacial score (nSPS) is 18.0. The van der Waals surface area contributed by atoms with Crippen LogP contribution in [-0.2, 0) is 19.1 Å². The van der Waals surface area contributed by atoms with E-state index >= 15 is 0 Å². The molecule has 0 spiro atoms. The molecule has 1 aromatic rings. The molecule has 0 aliphatic carbocycles. The number of rotatable bonds is 8. The van der Waals surface area contributed by atoms with Crippen LogP contribution in [0.5, 0.6) is 0 Å². The predicted octanol–water partition coefficient (Wildman–Crippen LogP) is 1.83. The number of hydrogen-bond acceptors (Lipinski definition) is 5. The predicted molar refractivity (Wildman–Crippen MR) is 85.7 cm³/mol. The van der Waals surface area contributed by atoms with Gasteiger partial charge < -0.3 is 14.7 Å². The second-order valence-electron chi connectivity index (χ2n) is 4.92. The quantitative estimate of drug-likeness (QED) is 0.443. The first-order valence-corrected chi connectivity index (χ1v) is 7.96. The topological polar surface area (TPSA) is 83.9 Å². The Morgan fingerprint density at radius 3 is 2.70 bits per heavy atom. The van der Waals surface area contributed by atoms with E-state index < -0.39 is 17.2 Å². The van der Waals surface area contributed by atoms with Crippen molar-refractivity contribution in [2.75, 3.05) is 13.2 Å². The molecule has 0 radical (unpaired) electrons. The molecule has 2 unspecified atom stereocenters. The Morgan fingerprint density at radius 2 is 2.13 bits per heavy atom. The van der Waals surface area contributed by atoms with Gasteiger partial charge in [-0.05, 0) is 5.56 Å². The first kappa shape index (κ1) is 17.1. The fourth-order valence-corrected chi connectivity index (χ4v) is 3.54. The summed E-state index contributed by atoms with van der Waals surface area (Å²) in [6.07, 6.45) is 1.70. The lowest BCUT2D eigenvalue weighted by molar-refractivity contribution is -0.151. The number of carboxylic acid groups (broad SMARTS) is 1. The number of carboxylic acids is 1. The van der Waals surface area contributed by atoms with Crippen LogP contribution in [-0.4, -0.2) is 46.4 Å². The first-order valence-electron chi connectivity index (χ1n) is 7.02. The smallest absolute Gasteiger partial charge is 0.323 e. The minimum absolute atomic E-state index is 0.102. The van der Waals surface area contributed by atoms with Gasteiger partial charge in [0.2, 0.25) is 5.91 Å². The number of hydrogen-bond donors (Lipinski definition) is 1. The first-order chi connectivity index (χ1) is 11.0. The van der Waals surface area contributed by atoms with Gasteiger partial charge in [-0.1, -0.05) is 43.0 Å². The van der Waals surface area contributed by atoms with E-state index in [-0.39, 0.29) is 30.9 Å². The highest BCUT2D eigenvalue weighted by Gasteiger charge is 2.41. The molecular weight excluding hydrogens is 318 g/mol. The zero-order valence-corrected chi connectivity index (χ0v) is 13.2. The van der Waals surface area contributed by atoms with Crippen molar-refractivity contribution in [2.24, 2.45) is 0 Å². The van der Waals surface area contributed by atoms with Crippen LogP contribution in [0.2, 0.25) is 0 Å². The average Bonchev–Trinajstić information content (AvgIpc) is 2.55. The maximum Gasteiger partial charge on any atom is 0.323 e. The molecular formula is C16H17NO5S. The van der Waals surface area contributed by atoms with Crippen molar-refractivity contribution < 1.29 is 24.2 Å². The van der Waals surface area contributed by atoms with E-state index in [1.165, 1.54) is 22.7 Å². The van der Waals surface area contributed by atoms with Crippen LogP contribution >= 0.6 is 11.8 Å². The molecule has 1 aliphatic rings. The van der Waals surface area contributed by atoms with Crippen LogP contribution in [0.1, 0.15) is 17.2 Å². The van der Waals surface area contributed by atoms with Crippen molar-refractivity contribution >= 4 is 29.6 Å². The molecule has 1 saturated heterocycles. The Bertz CT molecular complexity index is 604. The third-order valence-corrected chi connectivity index (χ3v) is 4.75.